The van der Waals surface area contributed by atoms with Gasteiger partial charge in [-0.2, -0.15) is 11.8 Å². The van der Waals surface area contributed by atoms with Crippen LogP contribution in [0.1, 0.15) is 46.0 Å². The third kappa shape index (κ3) is 4.18. The van der Waals surface area contributed by atoms with Crippen LogP contribution in [-0.2, 0) is 4.79 Å². The Kier molecular flexibility index (Phi) is 5.80. The number of rotatable bonds is 5. The van der Waals surface area contributed by atoms with Gasteiger partial charge in [-0.3, -0.25) is 4.79 Å². The van der Waals surface area contributed by atoms with Crippen LogP contribution in [0.3, 0.4) is 0 Å². The summed E-state index contributed by atoms with van der Waals surface area (Å²) in [7, 11) is 0. The van der Waals surface area contributed by atoms with E-state index in [9.17, 15) is 4.79 Å². The van der Waals surface area contributed by atoms with Crippen molar-refractivity contribution in [2.24, 2.45) is 11.7 Å². The minimum atomic E-state index is -0.377. The Morgan fingerprint density at radius 2 is 1.94 bits per heavy atom. The van der Waals surface area contributed by atoms with Gasteiger partial charge in [0.15, 0.2) is 0 Å². The molecule has 1 atom stereocenters. The number of nitrogens with two attached hydrogens (primary N) is 1. The Bertz CT molecular complexity index is 250. The molecular formula is C13H26N2OS. The second-order valence-corrected chi connectivity index (χ2v) is 6.71. The molecule has 0 spiro atoms. The highest BCUT2D eigenvalue weighted by Crippen LogP contribution is 2.37. The van der Waals surface area contributed by atoms with Crippen LogP contribution in [0.5, 0.6) is 0 Å². The first-order chi connectivity index (χ1) is 8.01. The first-order valence-corrected chi connectivity index (χ1v) is 7.82. The topological polar surface area (TPSA) is 55.1 Å². The molecule has 1 fully saturated rings. The predicted molar refractivity (Wildman–Crippen MR) is 75.2 cm³/mol. The van der Waals surface area contributed by atoms with Gasteiger partial charge in [-0.05, 0) is 25.0 Å². The van der Waals surface area contributed by atoms with Gasteiger partial charge in [-0.15, -0.1) is 0 Å². The van der Waals surface area contributed by atoms with Crippen LogP contribution in [-0.4, -0.2) is 29.5 Å². The first-order valence-electron chi connectivity index (χ1n) is 6.59. The molecule has 1 aliphatic rings. The maximum atomic E-state index is 11.8. The smallest absolute Gasteiger partial charge is 0.237 e. The fraction of sp³-hybridized carbons (Fsp3) is 0.923. The van der Waals surface area contributed by atoms with E-state index >= 15 is 0 Å². The average Bonchev–Trinajstić information content (AvgIpc) is 2.36. The average molecular weight is 258 g/mol. The van der Waals surface area contributed by atoms with Gasteiger partial charge in [0.2, 0.25) is 5.91 Å². The first kappa shape index (κ1) is 14.8. The summed E-state index contributed by atoms with van der Waals surface area (Å²) in [6.07, 6.45) is 8.48. The third-order valence-corrected chi connectivity index (χ3v) is 5.22. The zero-order chi connectivity index (χ0) is 12.9. The molecule has 1 aliphatic carbocycles. The SMILES string of the molecule is CSC1(CNC(=O)[C@@H](N)C(C)C)CCCCC1. The number of thioether (sulfide) groups is 1. The van der Waals surface area contributed by atoms with Gasteiger partial charge in [0.05, 0.1) is 6.04 Å². The van der Waals surface area contributed by atoms with E-state index in [1.54, 1.807) is 0 Å². The van der Waals surface area contributed by atoms with E-state index in [4.69, 9.17) is 5.73 Å². The molecule has 3 N–H and O–H groups in total. The zero-order valence-corrected chi connectivity index (χ0v) is 12.1. The molecule has 0 unspecified atom stereocenters. The fourth-order valence-electron chi connectivity index (χ4n) is 2.32. The lowest BCUT2D eigenvalue weighted by Gasteiger charge is -2.36. The molecule has 0 radical (unpaired) electrons. The molecule has 0 aromatic carbocycles. The highest BCUT2D eigenvalue weighted by Gasteiger charge is 2.32. The minimum Gasteiger partial charge on any atom is -0.353 e. The van der Waals surface area contributed by atoms with E-state index in [-0.39, 0.29) is 22.6 Å². The molecule has 4 heteroatoms. The van der Waals surface area contributed by atoms with Crippen molar-refractivity contribution in [3.63, 3.8) is 0 Å². The molecule has 3 nitrogen and oxygen atoms in total. The van der Waals surface area contributed by atoms with Gasteiger partial charge < -0.3 is 11.1 Å². The number of nitrogens with one attached hydrogen (secondary N) is 1. The van der Waals surface area contributed by atoms with Gasteiger partial charge >= 0.3 is 0 Å². The van der Waals surface area contributed by atoms with Crippen molar-refractivity contribution in [3.8, 4) is 0 Å². The van der Waals surface area contributed by atoms with Crippen LogP contribution in [0, 0.1) is 5.92 Å². The summed E-state index contributed by atoms with van der Waals surface area (Å²) < 4.78 is 0.255. The lowest BCUT2D eigenvalue weighted by molar-refractivity contribution is -0.123. The van der Waals surface area contributed by atoms with Crippen molar-refractivity contribution in [3.05, 3.63) is 0 Å². The van der Waals surface area contributed by atoms with Crippen molar-refractivity contribution >= 4 is 17.7 Å². The number of carbonyl (C=O) groups excluding carboxylic acids is 1. The highest BCUT2D eigenvalue weighted by atomic mass is 32.2. The number of carbonyl (C=O) groups is 1. The van der Waals surface area contributed by atoms with Crippen molar-refractivity contribution in [1.82, 2.24) is 5.32 Å². The Hall–Kier alpha value is -0.220. The molecule has 0 aliphatic heterocycles. The summed E-state index contributed by atoms with van der Waals surface area (Å²) in [4.78, 5) is 11.8. The summed E-state index contributed by atoms with van der Waals surface area (Å²) in [6, 6.07) is -0.377. The van der Waals surface area contributed by atoms with Gasteiger partial charge in [-0.1, -0.05) is 33.1 Å². The number of hydrogen-bond acceptors (Lipinski definition) is 3. The number of hydrogen-bond donors (Lipinski definition) is 2. The van der Waals surface area contributed by atoms with Crippen LogP contribution in [0.2, 0.25) is 0 Å². The molecule has 0 aromatic rings. The summed E-state index contributed by atoms with van der Waals surface area (Å²) in [6.45, 7) is 4.73. The van der Waals surface area contributed by atoms with Crippen molar-refractivity contribution in [2.45, 2.75) is 56.7 Å². The van der Waals surface area contributed by atoms with Gasteiger partial charge in [0.25, 0.3) is 0 Å². The summed E-state index contributed by atoms with van der Waals surface area (Å²) in [5.41, 5.74) is 5.84. The van der Waals surface area contributed by atoms with Crippen LogP contribution in [0.15, 0.2) is 0 Å². The summed E-state index contributed by atoms with van der Waals surface area (Å²) in [5.74, 6) is 0.200. The lowest BCUT2D eigenvalue weighted by Crippen LogP contribution is -2.49. The Labute approximate surface area is 109 Å². The third-order valence-electron chi connectivity index (χ3n) is 3.80. The van der Waals surface area contributed by atoms with Crippen molar-refractivity contribution in [1.29, 1.82) is 0 Å². The van der Waals surface area contributed by atoms with E-state index in [2.05, 4.69) is 11.6 Å². The standard InChI is InChI=1S/C13H26N2OS/c1-10(2)11(14)12(16)15-9-13(17-3)7-5-4-6-8-13/h10-11H,4-9,14H2,1-3H3,(H,15,16)/t11-/m0/s1. The normalized spacial score (nSPS) is 21.2. The van der Waals surface area contributed by atoms with Gasteiger partial charge in [0, 0.05) is 11.3 Å². The fourth-order valence-corrected chi connectivity index (χ4v) is 3.23. The van der Waals surface area contributed by atoms with Crippen LogP contribution >= 0.6 is 11.8 Å². The summed E-state index contributed by atoms with van der Waals surface area (Å²) in [5, 5.41) is 3.04. The molecule has 1 saturated carbocycles. The quantitative estimate of drug-likeness (QED) is 0.794. The van der Waals surface area contributed by atoms with Gasteiger partial charge in [-0.25, -0.2) is 0 Å². The van der Waals surface area contributed by atoms with E-state index in [0.717, 1.165) is 6.54 Å². The second-order valence-electron chi connectivity index (χ2n) is 5.44. The molecule has 0 bridgehead atoms. The molecule has 100 valence electrons. The maximum absolute atomic E-state index is 11.8. The summed E-state index contributed by atoms with van der Waals surface area (Å²) >= 11 is 1.90. The highest BCUT2D eigenvalue weighted by molar-refractivity contribution is 8.00. The Morgan fingerprint density at radius 3 is 2.41 bits per heavy atom. The monoisotopic (exact) mass is 258 g/mol. The van der Waals surface area contributed by atoms with E-state index in [0.29, 0.717) is 0 Å². The molecule has 1 amide bonds. The molecule has 0 aromatic heterocycles. The predicted octanol–water partition coefficient (Wildman–Crippen LogP) is 2.15. The van der Waals surface area contributed by atoms with E-state index < -0.39 is 0 Å². The van der Waals surface area contributed by atoms with Crippen LogP contribution < -0.4 is 11.1 Å². The largest absolute Gasteiger partial charge is 0.353 e. The van der Waals surface area contributed by atoms with Gasteiger partial charge in [0.1, 0.15) is 0 Å². The van der Waals surface area contributed by atoms with Crippen molar-refractivity contribution < 1.29 is 4.79 Å². The zero-order valence-electron chi connectivity index (χ0n) is 11.3. The number of amides is 1. The van der Waals surface area contributed by atoms with Crippen LogP contribution in [0.4, 0.5) is 0 Å². The molecular weight excluding hydrogens is 232 g/mol. The van der Waals surface area contributed by atoms with E-state index in [1.165, 1.54) is 32.1 Å². The Balaban J connectivity index is 2.44. The maximum Gasteiger partial charge on any atom is 0.237 e. The molecule has 0 saturated heterocycles. The minimum absolute atomic E-state index is 0.000927. The van der Waals surface area contributed by atoms with Crippen LogP contribution in [0.25, 0.3) is 0 Å². The lowest BCUT2D eigenvalue weighted by atomic mass is 9.88. The van der Waals surface area contributed by atoms with Crippen molar-refractivity contribution in [2.75, 3.05) is 12.8 Å². The molecule has 17 heavy (non-hydrogen) atoms. The van der Waals surface area contributed by atoms with E-state index in [1.807, 2.05) is 25.6 Å². The Morgan fingerprint density at radius 1 is 1.35 bits per heavy atom. The molecule has 0 heterocycles. The molecule has 1 rings (SSSR count). The second kappa shape index (κ2) is 6.64.